The number of anilines is 2. The van der Waals surface area contributed by atoms with Gasteiger partial charge in [0.25, 0.3) is 0 Å². The summed E-state index contributed by atoms with van der Waals surface area (Å²) in [6, 6.07) is 14.9. The fourth-order valence-corrected chi connectivity index (χ4v) is 4.56. The maximum absolute atomic E-state index is 12.6. The van der Waals surface area contributed by atoms with Gasteiger partial charge in [0, 0.05) is 50.5 Å². The molecule has 0 saturated carbocycles. The Morgan fingerprint density at radius 1 is 1.14 bits per heavy atom. The molecule has 0 spiro atoms. The first-order chi connectivity index (χ1) is 14.1. The minimum absolute atomic E-state index is 0.130. The monoisotopic (exact) mass is 392 g/mol. The van der Waals surface area contributed by atoms with Gasteiger partial charge in [-0.1, -0.05) is 18.2 Å². The number of fused-ring (bicyclic) bond motifs is 1. The molecule has 5 nitrogen and oxygen atoms in total. The van der Waals surface area contributed by atoms with E-state index in [2.05, 4.69) is 58.4 Å². The highest BCUT2D eigenvalue weighted by molar-refractivity contribution is 5.76. The number of carbonyl (C=O) groups is 1. The van der Waals surface area contributed by atoms with Crippen molar-refractivity contribution in [2.24, 2.45) is 0 Å². The van der Waals surface area contributed by atoms with Gasteiger partial charge in [-0.05, 0) is 67.1 Å². The lowest BCUT2D eigenvalue weighted by molar-refractivity contribution is -0.122. The fraction of sp³-hybridized carbons (Fsp3) is 0.458. The highest BCUT2D eigenvalue weighted by Gasteiger charge is 2.23. The summed E-state index contributed by atoms with van der Waals surface area (Å²) in [6.45, 7) is 7.01. The van der Waals surface area contributed by atoms with E-state index in [-0.39, 0.29) is 11.9 Å². The Morgan fingerprint density at radius 3 is 2.76 bits per heavy atom. The zero-order chi connectivity index (χ0) is 20.2. The molecule has 5 heteroatoms. The summed E-state index contributed by atoms with van der Waals surface area (Å²) < 4.78 is 0. The van der Waals surface area contributed by atoms with E-state index in [4.69, 9.17) is 5.73 Å². The zero-order valence-electron chi connectivity index (χ0n) is 17.4. The molecule has 1 amide bonds. The van der Waals surface area contributed by atoms with E-state index in [1.54, 1.807) is 0 Å². The largest absolute Gasteiger partial charge is 0.399 e. The number of nitrogens with two attached hydrogens (primary N) is 1. The topological polar surface area (TPSA) is 61.6 Å². The van der Waals surface area contributed by atoms with Gasteiger partial charge < -0.3 is 16.0 Å². The van der Waals surface area contributed by atoms with Crippen LogP contribution in [0.2, 0.25) is 0 Å². The molecule has 1 aliphatic carbocycles. The Kier molecular flexibility index (Phi) is 6.05. The lowest BCUT2D eigenvalue weighted by Crippen LogP contribution is -2.47. The van der Waals surface area contributed by atoms with Crippen LogP contribution in [0.1, 0.15) is 42.0 Å². The Balaban J connectivity index is 1.24. The summed E-state index contributed by atoms with van der Waals surface area (Å²) in [5.74, 6) is 0.154. The van der Waals surface area contributed by atoms with Crippen molar-refractivity contribution in [2.45, 2.75) is 38.6 Å². The standard InChI is InChI=1S/C24H32N4O/c1-18-4-2-6-21(16-18)28-14-12-27(13-15-28)11-10-24(29)26-23-7-3-5-19-17-20(25)8-9-22(19)23/h2,4,6,8-9,16-17,23H,3,5,7,10-15,25H2,1H3,(H,26,29). The molecule has 2 aromatic rings. The van der Waals surface area contributed by atoms with E-state index < -0.39 is 0 Å². The van der Waals surface area contributed by atoms with E-state index in [0.717, 1.165) is 57.7 Å². The number of nitrogen functional groups attached to an aromatic ring is 1. The second-order valence-electron chi connectivity index (χ2n) is 8.39. The number of hydrogen-bond acceptors (Lipinski definition) is 4. The Bertz CT molecular complexity index is 858. The summed E-state index contributed by atoms with van der Waals surface area (Å²) in [5.41, 5.74) is 11.9. The van der Waals surface area contributed by atoms with Crippen LogP contribution < -0.4 is 16.0 Å². The Hall–Kier alpha value is -2.53. The minimum atomic E-state index is 0.130. The number of nitrogens with one attached hydrogen (secondary N) is 1. The molecule has 0 radical (unpaired) electrons. The van der Waals surface area contributed by atoms with Gasteiger partial charge in [-0.15, -0.1) is 0 Å². The second-order valence-corrected chi connectivity index (χ2v) is 8.39. The van der Waals surface area contributed by atoms with Crippen molar-refractivity contribution in [3.8, 4) is 0 Å². The van der Waals surface area contributed by atoms with Crippen LogP contribution in [0.3, 0.4) is 0 Å². The van der Waals surface area contributed by atoms with Crippen LogP contribution in [0.25, 0.3) is 0 Å². The summed E-state index contributed by atoms with van der Waals surface area (Å²) >= 11 is 0. The molecule has 154 valence electrons. The maximum atomic E-state index is 12.6. The lowest BCUT2D eigenvalue weighted by atomic mass is 9.87. The third-order valence-corrected chi connectivity index (χ3v) is 6.21. The molecule has 2 aromatic carbocycles. The molecular weight excluding hydrogens is 360 g/mol. The van der Waals surface area contributed by atoms with Crippen LogP contribution in [0, 0.1) is 6.92 Å². The smallest absolute Gasteiger partial charge is 0.221 e. The van der Waals surface area contributed by atoms with Crippen molar-refractivity contribution >= 4 is 17.3 Å². The van der Waals surface area contributed by atoms with Gasteiger partial charge >= 0.3 is 0 Å². The number of hydrogen-bond donors (Lipinski definition) is 2. The predicted octanol–water partition coefficient (Wildman–Crippen LogP) is 3.28. The number of amides is 1. The van der Waals surface area contributed by atoms with Crippen LogP contribution in [0.5, 0.6) is 0 Å². The second kappa shape index (κ2) is 8.87. The molecule has 3 N–H and O–H groups in total. The number of rotatable bonds is 5. The summed E-state index contributed by atoms with van der Waals surface area (Å²) in [7, 11) is 0. The van der Waals surface area contributed by atoms with Crippen molar-refractivity contribution < 1.29 is 4.79 Å². The molecule has 1 fully saturated rings. The van der Waals surface area contributed by atoms with Crippen LogP contribution in [-0.2, 0) is 11.2 Å². The van der Waals surface area contributed by atoms with E-state index >= 15 is 0 Å². The first-order valence-electron chi connectivity index (χ1n) is 10.8. The molecule has 29 heavy (non-hydrogen) atoms. The maximum Gasteiger partial charge on any atom is 0.221 e. The van der Waals surface area contributed by atoms with Gasteiger partial charge in [-0.2, -0.15) is 0 Å². The van der Waals surface area contributed by atoms with E-state index in [0.29, 0.717) is 6.42 Å². The number of benzene rings is 2. The van der Waals surface area contributed by atoms with Crippen molar-refractivity contribution in [3.63, 3.8) is 0 Å². The van der Waals surface area contributed by atoms with Crippen LogP contribution in [0.4, 0.5) is 11.4 Å². The van der Waals surface area contributed by atoms with Gasteiger partial charge in [-0.25, -0.2) is 0 Å². The third kappa shape index (κ3) is 4.91. The van der Waals surface area contributed by atoms with Crippen molar-refractivity contribution in [3.05, 3.63) is 59.2 Å². The molecule has 1 atom stereocenters. The zero-order valence-corrected chi connectivity index (χ0v) is 17.4. The van der Waals surface area contributed by atoms with Crippen molar-refractivity contribution in [1.29, 1.82) is 0 Å². The van der Waals surface area contributed by atoms with Crippen LogP contribution in [0.15, 0.2) is 42.5 Å². The molecule has 4 rings (SSSR count). The van der Waals surface area contributed by atoms with Gasteiger partial charge in [0.2, 0.25) is 5.91 Å². The SMILES string of the molecule is Cc1cccc(N2CCN(CCC(=O)NC3CCCc4cc(N)ccc43)CC2)c1. The molecule has 1 saturated heterocycles. The first kappa shape index (κ1) is 19.8. The van der Waals surface area contributed by atoms with Crippen molar-refractivity contribution in [1.82, 2.24) is 10.2 Å². The average molecular weight is 393 g/mol. The highest BCUT2D eigenvalue weighted by atomic mass is 16.1. The highest BCUT2D eigenvalue weighted by Crippen LogP contribution is 2.31. The fourth-order valence-electron chi connectivity index (χ4n) is 4.56. The Labute approximate surface area is 173 Å². The normalized spacial score (nSPS) is 19.6. The van der Waals surface area contributed by atoms with Crippen molar-refractivity contribution in [2.75, 3.05) is 43.4 Å². The molecule has 1 heterocycles. The molecule has 0 bridgehead atoms. The van der Waals surface area contributed by atoms with E-state index in [9.17, 15) is 4.79 Å². The third-order valence-electron chi connectivity index (χ3n) is 6.21. The van der Waals surface area contributed by atoms with E-state index in [1.807, 2.05) is 6.07 Å². The minimum Gasteiger partial charge on any atom is -0.399 e. The van der Waals surface area contributed by atoms with Gasteiger partial charge in [0.15, 0.2) is 0 Å². The van der Waals surface area contributed by atoms with Crippen LogP contribution in [-0.4, -0.2) is 43.5 Å². The average Bonchev–Trinajstić information content (AvgIpc) is 2.72. The van der Waals surface area contributed by atoms with Crippen LogP contribution >= 0.6 is 0 Å². The van der Waals surface area contributed by atoms with Gasteiger partial charge in [0.1, 0.15) is 0 Å². The van der Waals surface area contributed by atoms with Gasteiger partial charge in [-0.3, -0.25) is 9.69 Å². The Morgan fingerprint density at radius 2 is 1.97 bits per heavy atom. The molecule has 0 aromatic heterocycles. The number of aryl methyl sites for hydroxylation is 2. The molecule has 1 aliphatic heterocycles. The predicted molar refractivity (Wildman–Crippen MR) is 119 cm³/mol. The molecule has 2 aliphatic rings. The lowest BCUT2D eigenvalue weighted by Gasteiger charge is -2.36. The first-order valence-corrected chi connectivity index (χ1v) is 10.8. The molecule has 1 unspecified atom stereocenters. The number of piperazine rings is 1. The summed E-state index contributed by atoms with van der Waals surface area (Å²) in [6.07, 6.45) is 3.73. The summed E-state index contributed by atoms with van der Waals surface area (Å²) in [4.78, 5) is 17.4. The quantitative estimate of drug-likeness (QED) is 0.767. The van der Waals surface area contributed by atoms with E-state index in [1.165, 1.54) is 22.4 Å². The number of carbonyl (C=O) groups excluding carboxylic acids is 1. The summed E-state index contributed by atoms with van der Waals surface area (Å²) in [5, 5.41) is 3.26. The molecular formula is C24H32N4O. The number of nitrogens with zero attached hydrogens (tertiary/aromatic N) is 2. The van der Waals surface area contributed by atoms with Gasteiger partial charge in [0.05, 0.1) is 6.04 Å².